The molecule has 4 atom stereocenters. The van der Waals surface area contributed by atoms with Gasteiger partial charge < -0.3 is 15.3 Å². The first-order chi connectivity index (χ1) is 11.1. The fraction of sp³-hybridized carbons (Fsp3) is 0.706. The third kappa shape index (κ3) is 3.59. The molecule has 4 N–H and O–H groups in total. The number of hydrogen-bond donors (Lipinski definition) is 4. The summed E-state index contributed by atoms with van der Waals surface area (Å²) >= 11 is 0. The van der Waals surface area contributed by atoms with Gasteiger partial charge in [-0.3, -0.25) is 10.3 Å². The molecule has 3 unspecified atom stereocenters. The minimum absolute atomic E-state index is 0.0184. The predicted molar refractivity (Wildman–Crippen MR) is 83.1 cm³/mol. The normalized spacial score (nSPS) is 32.2. The van der Waals surface area contributed by atoms with Crippen LogP contribution in [0.5, 0.6) is 0 Å². The van der Waals surface area contributed by atoms with E-state index < -0.39 is 18.2 Å². The lowest BCUT2D eigenvalue weighted by atomic mass is 9.83. The molecule has 0 spiro atoms. The number of rotatable bonds is 7. The van der Waals surface area contributed by atoms with Gasteiger partial charge in [0.05, 0.1) is 12.2 Å². The summed E-state index contributed by atoms with van der Waals surface area (Å²) in [5.74, 6) is -0.511. The number of carbonyl (C=O) groups is 1. The van der Waals surface area contributed by atoms with E-state index in [0.29, 0.717) is 12.3 Å². The van der Waals surface area contributed by atoms with Crippen LogP contribution in [-0.4, -0.2) is 40.1 Å². The number of nitrogens with one attached hydrogen (secondary N) is 1. The minimum atomic E-state index is -1.02. The van der Waals surface area contributed by atoms with E-state index in [1.165, 1.54) is 12.8 Å². The smallest absolute Gasteiger partial charge is 0.332 e. The SMILES string of the molecule is O=C(O)CONC1=C2CC(C=CC(O)C3CCCC3)C(O)[C@@H]2C1. The molecule has 2 saturated carbocycles. The molecule has 0 radical (unpaired) electrons. The summed E-state index contributed by atoms with van der Waals surface area (Å²) in [7, 11) is 0. The highest BCUT2D eigenvalue weighted by Gasteiger charge is 2.45. The minimum Gasteiger partial charge on any atom is -0.479 e. The average Bonchev–Trinajstić information content (AvgIpc) is 3.10. The summed E-state index contributed by atoms with van der Waals surface area (Å²) in [4.78, 5) is 15.3. The molecule has 3 aliphatic rings. The molecule has 6 nitrogen and oxygen atoms in total. The van der Waals surface area contributed by atoms with Crippen LogP contribution >= 0.6 is 0 Å². The molecule has 0 saturated heterocycles. The van der Waals surface area contributed by atoms with Crippen LogP contribution in [0.15, 0.2) is 23.4 Å². The quantitative estimate of drug-likeness (QED) is 0.417. The first kappa shape index (κ1) is 16.5. The van der Waals surface area contributed by atoms with Gasteiger partial charge in [-0.1, -0.05) is 25.0 Å². The second-order valence-corrected chi connectivity index (χ2v) is 6.88. The molecular weight excluding hydrogens is 298 g/mol. The van der Waals surface area contributed by atoms with E-state index in [0.717, 1.165) is 30.5 Å². The Morgan fingerprint density at radius 3 is 2.78 bits per heavy atom. The largest absolute Gasteiger partial charge is 0.479 e. The molecule has 0 amide bonds. The lowest BCUT2D eigenvalue weighted by Gasteiger charge is -2.30. The number of allylic oxidation sites excluding steroid dienone is 1. The number of carboxylic acids is 1. The lowest BCUT2D eigenvalue weighted by molar-refractivity contribution is -0.144. The Morgan fingerprint density at radius 1 is 1.35 bits per heavy atom. The van der Waals surface area contributed by atoms with Gasteiger partial charge in [-0.2, -0.15) is 0 Å². The Morgan fingerprint density at radius 2 is 2.09 bits per heavy atom. The monoisotopic (exact) mass is 323 g/mol. The maximum absolute atomic E-state index is 10.4. The van der Waals surface area contributed by atoms with E-state index in [4.69, 9.17) is 9.94 Å². The van der Waals surface area contributed by atoms with Gasteiger partial charge >= 0.3 is 5.97 Å². The Hall–Kier alpha value is -1.37. The van der Waals surface area contributed by atoms with E-state index in [-0.39, 0.29) is 18.4 Å². The van der Waals surface area contributed by atoms with Gasteiger partial charge in [0, 0.05) is 17.5 Å². The van der Waals surface area contributed by atoms with Crippen LogP contribution in [0, 0.1) is 17.8 Å². The average molecular weight is 323 g/mol. The zero-order valence-corrected chi connectivity index (χ0v) is 13.1. The summed E-state index contributed by atoms with van der Waals surface area (Å²) < 4.78 is 0. The second kappa shape index (κ2) is 7.03. The summed E-state index contributed by atoms with van der Waals surface area (Å²) in [6.07, 6.45) is 8.95. The molecule has 0 bridgehead atoms. The number of hydroxylamine groups is 1. The van der Waals surface area contributed by atoms with Crippen LogP contribution in [0.25, 0.3) is 0 Å². The third-order valence-corrected chi connectivity index (χ3v) is 5.40. The van der Waals surface area contributed by atoms with E-state index in [9.17, 15) is 15.0 Å². The molecule has 6 heteroatoms. The Labute approximate surface area is 135 Å². The molecule has 23 heavy (non-hydrogen) atoms. The number of aliphatic hydroxyl groups is 2. The molecule has 0 aliphatic heterocycles. The van der Waals surface area contributed by atoms with Crippen LogP contribution in [0.4, 0.5) is 0 Å². The zero-order valence-electron chi connectivity index (χ0n) is 13.1. The maximum atomic E-state index is 10.4. The molecule has 0 heterocycles. The van der Waals surface area contributed by atoms with Crippen LogP contribution in [-0.2, 0) is 9.63 Å². The fourth-order valence-corrected chi connectivity index (χ4v) is 4.03. The van der Waals surface area contributed by atoms with E-state index in [2.05, 4.69) is 5.48 Å². The van der Waals surface area contributed by atoms with E-state index in [1.54, 1.807) is 0 Å². The highest BCUT2D eigenvalue weighted by atomic mass is 16.7. The van der Waals surface area contributed by atoms with Gasteiger partial charge in [0.25, 0.3) is 0 Å². The Balaban J connectivity index is 1.52. The molecule has 0 aromatic carbocycles. The lowest BCUT2D eigenvalue weighted by Crippen LogP contribution is -2.32. The van der Waals surface area contributed by atoms with Crippen LogP contribution in [0.1, 0.15) is 38.5 Å². The van der Waals surface area contributed by atoms with Gasteiger partial charge in [-0.05, 0) is 37.2 Å². The first-order valence-corrected chi connectivity index (χ1v) is 8.42. The van der Waals surface area contributed by atoms with Crippen molar-refractivity contribution in [1.29, 1.82) is 0 Å². The molecule has 128 valence electrons. The predicted octanol–water partition coefficient (Wildman–Crippen LogP) is 1.35. The van der Waals surface area contributed by atoms with Crippen molar-refractivity contribution < 1.29 is 25.0 Å². The van der Waals surface area contributed by atoms with Gasteiger partial charge in [0.15, 0.2) is 6.61 Å². The molecule has 0 aromatic rings. The second-order valence-electron chi connectivity index (χ2n) is 6.88. The molecular formula is C17H25NO5. The van der Waals surface area contributed by atoms with Crippen molar-refractivity contribution in [1.82, 2.24) is 5.48 Å². The van der Waals surface area contributed by atoms with Crippen molar-refractivity contribution in [3.8, 4) is 0 Å². The van der Waals surface area contributed by atoms with Gasteiger partial charge in [0.2, 0.25) is 0 Å². The number of aliphatic carboxylic acids is 1. The molecule has 0 aromatic heterocycles. The van der Waals surface area contributed by atoms with Crippen molar-refractivity contribution >= 4 is 5.97 Å². The number of carboxylic acid groups (broad SMARTS) is 1. The topological polar surface area (TPSA) is 99.0 Å². The summed E-state index contributed by atoms with van der Waals surface area (Å²) in [6, 6.07) is 0. The molecule has 3 aliphatic carbocycles. The van der Waals surface area contributed by atoms with E-state index >= 15 is 0 Å². The van der Waals surface area contributed by atoms with Crippen molar-refractivity contribution in [2.75, 3.05) is 6.61 Å². The summed E-state index contributed by atoms with van der Waals surface area (Å²) in [5, 5.41) is 29.1. The number of hydrogen-bond acceptors (Lipinski definition) is 5. The van der Waals surface area contributed by atoms with E-state index in [1.807, 2.05) is 12.2 Å². The molecule has 2 fully saturated rings. The van der Waals surface area contributed by atoms with Crippen LogP contribution in [0.2, 0.25) is 0 Å². The highest BCUT2D eigenvalue weighted by molar-refractivity contribution is 5.67. The first-order valence-electron chi connectivity index (χ1n) is 8.42. The summed E-state index contributed by atoms with van der Waals surface area (Å²) in [5.41, 5.74) is 4.70. The van der Waals surface area contributed by atoms with Crippen LogP contribution < -0.4 is 5.48 Å². The zero-order chi connectivity index (χ0) is 16.4. The van der Waals surface area contributed by atoms with Crippen LogP contribution in [0.3, 0.4) is 0 Å². The third-order valence-electron chi connectivity index (χ3n) is 5.40. The van der Waals surface area contributed by atoms with Crippen molar-refractivity contribution in [2.45, 2.75) is 50.7 Å². The summed E-state index contributed by atoms with van der Waals surface area (Å²) in [6.45, 7) is -0.388. The Kier molecular flexibility index (Phi) is 5.04. The number of fused-ring (bicyclic) bond motifs is 1. The molecule has 3 rings (SSSR count). The number of aliphatic hydroxyl groups excluding tert-OH is 2. The van der Waals surface area contributed by atoms with Gasteiger partial charge in [-0.15, -0.1) is 0 Å². The fourth-order valence-electron chi connectivity index (χ4n) is 4.03. The van der Waals surface area contributed by atoms with Gasteiger partial charge in [0.1, 0.15) is 0 Å². The van der Waals surface area contributed by atoms with Gasteiger partial charge in [-0.25, -0.2) is 4.79 Å². The highest BCUT2D eigenvalue weighted by Crippen LogP contribution is 2.48. The van der Waals surface area contributed by atoms with Crippen molar-refractivity contribution in [3.63, 3.8) is 0 Å². The standard InChI is InChI=1S/C17H25NO5/c19-15(10-3-1-2-4-10)6-5-11-7-12-13(17(11)22)8-14(12)18-23-9-16(20)21/h5-6,10-11,13,15,17-19,22H,1-4,7-9H2,(H,20,21)/t11?,13-,15?,17?/m1/s1. The Bertz CT molecular complexity index is 509. The van der Waals surface area contributed by atoms with Crippen molar-refractivity contribution in [3.05, 3.63) is 23.4 Å². The maximum Gasteiger partial charge on any atom is 0.332 e. The van der Waals surface area contributed by atoms with Crippen molar-refractivity contribution in [2.24, 2.45) is 17.8 Å².